The van der Waals surface area contributed by atoms with Crippen LogP contribution in [0.4, 0.5) is 5.82 Å². The molecule has 0 saturated heterocycles. The maximum absolute atomic E-state index is 6.00. The first-order valence-corrected chi connectivity index (χ1v) is 9.50. The molecule has 150 valence electrons. The Morgan fingerprint density at radius 3 is 3.07 bits per heavy atom. The fourth-order valence-electron chi connectivity index (χ4n) is 2.77. The molecule has 0 saturated carbocycles. The van der Waals surface area contributed by atoms with Crippen LogP contribution < -0.4 is 10.6 Å². The number of hydrogen-bond acceptors (Lipinski definition) is 7. The van der Waals surface area contributed by atoms with Gasteiger partial charge in [-0.1, -0.05) is 30.3 Å². The zero-order valence-corrected chi connectivity index (χ0v) is 17.2. The van der Waals surface area contributed by atoms with E-state index in [4.69, 9.17) is 21.1 Å². The van der Waals surface area contributed by atoms with Crippen molar-refractivity contribution in [1.29, 1.82) is 0 Å². The molecule has 1 unspecified atom stereocenters. The Kier molecular flexibility index (Phi) is 6.26. The first-order valence-electron chi connectivity index (χ1n) is 9.13. The minimum absolute atomic E-state index is 0.269. The van der Waals surface area contributed by atoms with E-state index in [0.717, 1.165) is 11.5 Å². The van der Waals surface area contributed by atoms with Gasteiger partial charge in [-0.25, -0.2) is 4.98 Å². The van der Waals surface area contributed by atoms with Crippen molar-refractivity contribution in [2.45, 2.75) is 32.3 Å². The van der Waals surface area contributed by atoms with Crippen molar-refractivity contribution in [1.82, 2.24) is 15.2 Å². The second-order valence-corrected chi connectivity index (χ2v) is 7.47. The van der Waals surface area contributed by atoms with Gasteiger partial charge in [0.15, 0.2) is 5.76 Å². The number of nitrogens with zero attached hydrogens (tertiary/aromatic N) is 3. The van der Waals surface area contributed by atoms with Crippen LogP contribution in [0, 0.1) is 0 Å². The van der Waals surface area contributed by atoms with Crippen LogP contribution in [0.5, 0.6) is 0 Å². The Labute approximate surface area is 170 Å². The average molecular weight is 404 g/mol. The summed E-state index contributed by atoms with van der Waals surface area (Å²) in [7, 11) is 1.96. The summed E-state index contributed by atoms with van der Waals surface area (Å²) in [6.07, 6.45) is 5.85. The van der Waals surface area contributed by atoms with Crippen molar-refractivity contribution in [3.63, 3.8) is 0 Å². The van der Waals surface area contributed by atoms with E-state index in [2.05, 4.69) is 27.2 Å². The van der Waals surface area contributed by atoms with Gasteiger partial charge in [0, 0.05) is 25.4 Å². The highest BCUT2D eigenvalue weighted by Crippen LogP contribution is 2.26. The van der Waals surface area contributed by atoms with Gasteiger partial charge in [-0.15, -0.1) is 0 Å². The Morgan fingerprint density at radius 1 is 1.54 bits per heavy atom. The lowest BCUT2D eigenvalue weighted by atomic mass is 10.1. The topological polar surface area (TPSA) is 71.0 Å². The van der Waals surface area contributed by atoms with Crippen LogP contribution >= 0.6 is 11.6 Å². The molecule has 7 nitrogen and oxygen atoms in total. The fourth-order valence-corrected chi connectivity index (χ4v) is 2.90. The second-order valence-electron chi connectivity index (χ2n) is 7.03. The van der Waals surface area contributed by atoms with E-state index < -0.39 is 5.66 Å². The zero-order chi connectivity index (χ0) is 20.1. The number of halogens is 1. The standard InChI is InChI=1S/C20H26ClN5O2/c1-14(2)27-11-10-26(4)19-22-13-17(28-19)16-6-5-7-18(24-16)25-20(3)9-8-15(21)12-23-20/h5-8,12-13,19,22H,1,9-11H2,2-4H3,(H,24,25)/t19?,20-/m1/s1. The predicted molar refractivity (Wildman–Crippen MR) is 113 cm³/mol. The SMILES string of the molecule is C=C(C)OCCN(C)C1NC=C(c2cccc(N[C@]3(C)CC=C(Cl)C=N3)n2)O1. The summed E-state index contributed by atoms with van der Waals surface area (Å²) in [5, 5.41) is 7.23. The number of hydrogen-bond donors (Lipinski definition) is 2. The number of rotatable bonds is 8. The van der Waals surface area contributed by atoms with Gasteiger partial charge >= 0.3 is 0 Å². The number of ether oxygens (including phenoxy) is 2. The maximum atomic E-state index is 6.00. The molecular formula is C20H26ClN5O2. The molecule has 0 bridgehead atoms. The van der Waals surface area contributed by atoms with Gasteiger partial charge in [-0.05, 0) is 33.0 Å². The summed E-state index contributed by atoms with van der Waals surface area (Å²) in [5.74, 6) is 2.11. The van der Waals surface area contributed by atoms with Gasteiger partial charge < -0.3 is 20.1 Å². The second kappa shape index (κ2) is 8.67. The van der Waals surface area contributed by atoms with Gasteiger partial charge in [0.25, 0.3) is 0 Å². The van der Waals surface area contributed by atoms with E-state index in [1.807, 2.05) is 56.3 Å². The molecule has 28 heavy (non-hydrogen) atoms. The van der Waals surface area contributed by atoms with Crippen LogP contribution in [0.1, 0.15) is 26.0 Å². The van der Waals surface area contributed by atoms with E-state index in [1.165, 1.54) is 0 Å². The molecule has 0 aromatic carbocycles. The minimum Gasteiger partial charge on any atom is -0.498 e. The summed E-state index contributed by atoms with van der Waals surface area (Å²) < 4.78 is 11.4. The molecular weight excluding hydrogens is 378 g/mol. The first kappa shape index (κ1) is 20.2. The number of likely N-dealkylation sites (N-methyl/N-ethyl adjacent to an activating group) is 1. The molecule has 0 amide bonds. The van der Waals surface area contributed by atoms with E-state index >= 15 is 0 Å². The molecule has 2 atom stereocenters. The number of allylic oxidation sites excluding steroid dienone is 2. The Balaban J connectivity index is 1.59. The summed E-state index contributed by atoms with van der Waals surface area (Å²) in [6.45, 7) is 8.82. The molecule has 1 aromatic rings. The molecule has 0 fully saturated rings. The lowest BCUT2D eigenvalue weighted by Crippen LogP contribution is -2.41. The monoisotopic (exact) mass is 403 g/mol. The Morgan fingerprint density at radius 2 is 2.36 bits per heavy atom. The zero-order valence-electron chi connectivity index (χ0n) is 16.4. The third kappa shape index (κ3) is 5.27. The summed E-state index contributed by atoms with van der Waals surface area (Å²) in [5.41, 5.74) is 0.266. The van der Waals surface area contributed by atoms with Crippen LogP contribution in [0.3, 0.4) is 0 Å². The van der Waals surface area contributed by atoms with E-state index in [9.17, 15) is 0 Å². The van der Waals surface area contributed by atoms with Crippen molar-refractivity contribution >= 4 is 29.4 Å². The van der Waals surface area contributed by atoms with Crippen molar-refractivity contribution in [3.05, 3.63) is 53.5 Å². The molecule has 3 rings (SSSR count). The molecule has 0 spiro atoms. The maximum Gasteiger partial charge on any atom is 0.229 e. The quantitative estimate of drug-likeness (QED) is 0.647. The normalized spacial score (nSPS) is 23.5. The highest BCUT2D eigenvalue weighted by molar-refractivity contribution is 6.39. The van der Waals surface area contributed by atoms with Crippen LogP contribution in [0.15, 0.2) is 52.8 Å². The third-order valence-corrected chi connectivity index (χ3v) is 4.61. The molecule has 2 aliphatic heterocycles. The summed E-state index contributed by atoms with van der Waals surface area (Å²) >= 11 is 5.97. The summed E-state index contributed by atoms with van der Waals surface area (Å²) in [6, 6.07) is 5.76. The number of aromatic nitrogens is 1. The van der Waals surface area contributed by atoms with Crippen LogP contribution in [-0.2, 0) is 9.47 Å². The fraction of sp³-hybridized carbons (Fsp3) is 0.400. The molecule has 3 heterocycles. The number of pyridine rings is 1. The number of anilines is 1. The molecule has 2 N–H and O–H groups in total. The van der Waals surface area contributed by atoms with Crippen molar-refractivity contribution in [2.24, 2.45) is 4.99 Å². The largest absolute Gasteiger partial charge is 0.498 e. The first-order chi connectivity index (χ1) is 13.3. The van der Waals surface area contributed by atoms with Gasteiger partial charge in [-0.3, -0.25) is 9.89 Å². The van der Waals surface area contributed by atoms with Crippen molar-refractivity contribution < 1.29 is 9.47 Å². The number of aliphatic imine (C=N–C) groups is 1. The third-order valence-electron chi connectivity index (χ3n) is 4.35. The van der Waals surface area contributed by atoms with Crippen molar-refractivity contribution in [3.8, 4) is 0 Å². The Bertz CT molecular complexity index is 823. The van der Waals surface area contributed by atoms with Crippen LogP contribution in [0.2, 0.25) is 0 Å². The molecule has 0 aliphatic carbocycles. The van der Waals surface area contributed by atoms with E-state index in [0.29, 0.717) is 36.1 Å². The minimum atomic E-state index is -0.473. The van der Waals surface area contributed by atoms with E-state index in [-0.39, 0.29) is 6.35 Å². The highest BCUT2D eigenvalue weighted by Gasteiger charge is 2.26. The predicted octanol–water partition coefficient (Wildman–Crippen LogP) is 3.49. The van der Waals surface area contributed by atoms with Gasteiger partial charge in [0.1, 0.15) is 23.8 Å². The molecule has 2 aliphatic rings. The van der Waals surface area contributed by atoms with E-state index in [1.54, 1.807) is 6.21 Å². The number of dihydropyridines is 1. The summed E-state index contributed by atoms with van der Waals surface area (Å²) in [4.78, 5) is 11.2. The lowest BCUT2D eigenvalue weighted by molar-refractivity contribution is 0.00892. The molecule has 0 radical (unpaired) electrons. The highest BCUT2D eigenvalue weighted by atomic mass is 35.5. The number of nitrogens with one attached hydrogen (secondary N) is 2. The molecule has 1 aromatic heterocycles. The average Bonchev–Trinajstić information content (AvgIpc) is 3.15. The van der Waals surface area contributed by atoms with Gasteiger partial charge in [0.05, 0.1) is 10.8 Å². The molecule has 8 heteroatoms. The van der Waals surface area contributed by atoms with Crippen LogP contribution in [0.25, 0.3) is 5.76 Å². The van der Waals surface area contributed by atoms with Crippen molar-refractivity contribution in [2.75, 3.05) is 25.5 Å². The van der Waals surface area contributed by atoms with Gasteiger partial charge in [0.2, 0.25) is 6.35 Å². The van der Waals surface area contributed by atoms with Gasteiger partial charge in [-0.2, -0.15) is 0 Å². The van der Waals surface area contributed by atoms with Crippen LogP contribution in [-0.4, -0.2) is 48.3 Å². The lowest BCUT2D eigenvalue weighted by Gasteiger charge is -2.28. The Hall–Kier alpha value is -2.51. The smallest absolute Gasteiger partial charge is 0.229 e.